The summed E-state index contributed by atoms with van der Waals surface area (Å²) in [5.74, 6) is 0.899. The molecular formula is C12H25IN4O2. The van der Waals surface area contributed by atoms with Gasteiger partial charge in [-0.15, -0.1) is 24.0 Å². The van der Waals surface area contributed by atoms with Gasteiger partial charge in [0, 0.05) is 39.7 Å². The number of carbonyl (C=O) groups is 1. The summed E-state index contributed by atoms with van der Waals surface area (Å²) in [6.45, 7) is 2.10. The van der Waals surface area contributed by atoms with Crippen molar-refractivity contribution >= 4 is 35.8 Å². The largest absolute Gasteiger partial charge is 0.383 e. The van der Waals surface area contributed by atoms with Crippen molar-refractivity contribution in [3.05, 3.63) is 0 Å². The van der Waals surface area contributed by atoms with Crippen molar-refractivity contribution in [3.63, 3.8) is 0 Å². The molecule has 7 heteroatoms. The summed E-state index contributed by atoms with van der Waals surface area (Å²) in [7, 11) is 3.39. The number of amides is 1. The maximum atomic E-state index is 11.4. The second-order valence-corrected chi connectivity index (χ2v) is 4.36. The maximum absolute atomic E-state index is 11.4. The van der Waals surface area contributed by atoms with Gasteiger partial charge in [0.05, 0.1) is 6.61 Å². The molecule has 0 bridgehead atoms. The van der Waals surface area contributed by atoms with Crippen LogP contribution in [0.3, 0.4) is 0 Å². The van der Waals surface area contributed by atoms with Gasteiger partial charge in [-0.3, -0.25) is 9.79 Å². The first-order valence-corrected chi connectivity index (χ1v) is 6.49. The molecule has 0 aliphatic heterocycles. The van der Waals surface area contributed by atoms with Crippen LogP contribution in [0.1, 0.15) is 25.7 Å². The summed E-state index contributed by atoms with van der Waals surface area (Å²) >= 11 is 0. The molecule has 0 saturated heterocycles. The Morgan fingerprint density at radius 2 is 2.00 bits per heavy atom. The van der Waals surface area contributed by atoms with Crippen LogP contribution in [-0.2, 0) is 9.53 Å². The highest BCUT2D eigenvalue weighted by molar-refractivity contribution is 14.0. The highest BCUT2D eigenvalue weighted by Crippen LogP contribution is 2.18. The number of methoxy groups -OCH3 is 1. The van der Waals surface area contributed by atoms with Gasteiger partial charge in [0.1, 0.15) is 0 Å². The lowest BCUT2D eigenvalue weighted by molar-refractivity contribution is -0.121. The van der Waals surface area contributed by atoms with Gasteiger partial charge in [-0.05, 0) is 19.3 Å². The normalized spacial score (nSPS) is 14.5. The molecule has 1 aliphatic carbocycles. The van der Waals surface area contributed by atoms with E-state index in [9.17, 15) is 4.79 Å². The summed E-state index contributed by atoms with van der Waals surface area (Å²) in [4.78, 5) is 15.5. The Balaban J connectivity index is 0.00000324. The average molecular weight is 384 g/mol. The zero-order valence-corrected chi connectivity index (χ0v) is 14.0. The molecule has 112 valence electrons. The van der Waals surface area contributed by atoms with Gasteiger partial charge >= 0.3 is 0 Å². The van der Waals surface area contributed by atoms with Crippen molar-refractivity contribution in [2.45, 2.75) is 31.7 Å². The van der Waals surface area contributed by atoms with E-state index < -0.39 is 0 Å². The van der Waals surface area contributed by atoms with Gasteiger partial charge in [0.15, 0.2) is 5.96 Å². The molecule has 0 radical (unpaired) electrons. The smallest absolute Gasteiger partial charge is 0.220 e. The molecule has 0 atom stereocenters. The van der Waals surface area contributed by atoms with Gasteiger partial charge < -0.3 is 20.7 Å². The van der Waals surface area contributed by atoms with Crippen LogP contribution in [0.2, 0.25) is 0 Å². The molecule has 0 heterocycles. The minimum Gasteiger partial charge on any atom is -0.383 e. The van der Waals surface area contributed by atoms with Crippen LogP contribution in [0, 0.1) is 0 Å². The van der Waals surface area contributed by atoms with Crippen molar-refractivity contribution in [1.29, 1.82) is 0 Å². The lowest BCUT2D eigenvalue weighted by atomic mass is 10.3. The van der Waals surface area contributed by atoms with Crippen molar-refractivity contribution in [1.82, 2.24) is 16.0 Å². The van der Waals surface area contributed by atoms with Crippen molar-refractivity contribution in [2.24, 2.45) is 4.99 Å². The lowest BCUT2D eigenvalue weighted by Gasteiger charge is -2.11. The Morgan fingerprint density at radius 1 is 1.32 bits per heavy atom. The first-order valence-electron chi connectivity index (χ1n) is 6.49. The summed E-state index contributed by atoms with van der Waals surface area (Å²) in [6, 6.07) is 0.453. The summed E-state index contributed by atoms with van der Waals surface area (Å²) in [5, 5.41) is 9.24. The number of nitrogens with zero attached hydrogens (tertiary/aromatic N) is 1. The number of rotatable bonds is 8. The molecule has 0 aromatic rings. The molecule has 0 aromatic heterocycles. The minimum atomic E-state index is 0. The molecular weight excluding hydrogens is 359 g/mol. The number of carbonyl (C=O) groups excluding carboxylic acids is 1. The van der Waals surface area contributed by atoms with Crippen LogP contribution in [0.4, 0.5) is 0 Å². The highest BCUT2D eigenvalue weighted by Gasteiger charge is 2.22. The third kappa shape index (κ3) is 9.94. The zero-order valence-electron chi connectivity index (χ0n) is 11.7. The minimum absolute atomic E-state index is 0. The standard InChI is InChI=1S/C12H24N4O2.HI/c1-13-12(15-8-9-18-2)14-7-3-4-11(17)16-10-5-6-10;/h10H,3-9H2,1-2H3,(H,16,17)(H2,13,14,15);1H. The highest BCUT2D eigenvalue weighted by atomic mass is 127. The van der Waals surface area contributed by atoms with Gasteiger partial charge in [0.2, 0.25) is 5.91 Å². The van der Waals surface area contributed by atoms with Crippen molar-refractivity contribution in [3.8, 4) is 0 Å². The summed E-state index contributed by atoms with van der Waals surface area (Å²) < 4.78 is 4.94. The molecule has 0 unspecified atom stereocenters. The third-order valence-electron chi connectivity index (χ3n) is 2.64. The van der Waals surface area contributed by atoms with Crippen LogP contribution in [0.25, 0.3) is 0 Å². The first-order chi connectivity index (χ1) is 8.76. The molecule has 3 N–H and O–H groups in total. The molecule has 0 spiro atoms. The molecule has 6 nitrogen and oxygen atoms in total. The molecule has 1 aliphatic rings. The predicted octanol–water partition coefficient (Wildman–Crippen LogP) is 0.475. The number of ether oxygens (including phenoxy) is 1. The Bertz CT molecular complexity index is 283. The second-order valence-electron chi connectivity index (χ2n) is 4.36. The van der Waals surface area contributed by atoms with E-state index in [1.807, 2.05) is 0 Å². The Hall–Kier alpha value is -0.570. The Morgan fingerprint density at radius 3 is 2.58 bits per heavy atom. The van der Waals surface area contributed by atoms with Crippen molar-refractivity contribution < 1.29 is 9.53 Å². The molecule has 0 aromatic carbocycles. The van der Waals surface area contributed by atoms with Gasteiger partial charge in [-0.1, -0.05) is 0 Å². The van der Waals surface area contributed by atoms with Crippen LogP contribution in [0.5, 0.6) is 0 Å². The van der Waals surface area contributed by atoms with Crippen LogP contribution in [0.15, 0.2) is 4.99 Å². The molecule has 1 amide bonds. The van der Waals surface area contributed by atoms with Gasteiger partial charge in [-0.2, -0.15) is 0 Å². The van der Waals surface area contributed by atoms with E-state index in [4.69, 9.17) is 4.74 Å². The van der Waals surface area contributed by atoms with Crippen LogP contribution >= 0.6 is 24.0 Å². The van der Waals surface area contributed by atoms with Crippen LogP contribution in [-0.4, -0.2) is 51.8 Å². The fraction of sp³-hybridized carbons (Fsp3) is 0.833. The summed E-state index contributed by atoms with van der Waals surface area (Å²) in [5.41, 5.74) is 0. The number of guanidine groups is 1. The number of aliphatic imine (C=N–C) groups is 1. The van der Waals surface area contributed by atoms with E-state index in [-0.39, 0.29) is 29.9 Å². The summed E-state index contributed by atoms with van der Waals surface area (Å²) in [6.07, 6.45) is 3.65. The zero-order chi connectivity index (χ0) is 13.2. The van der Waals surface area contributed by atoms with E-state index in [0.29, 0.717) is 19.1 Å². The number of halogens is 1. The third-order valence-corrected chi connectivity index (χ3v) is 2.64. The van der Waals surface area contributed by atoms with E-state index in [2.05, 4.69) is 20.9 Å². The van der Waals surface area contributed by atoms with E-state index >= 15 is 0 Å². The quantitative estimate of drug-likeness (QED) is 0.246. The first kappa shape index (κ1) is 18.4. The van der Waals surface area contributed by atoms with Gasteiger partial charge in [-0.25, -0.2) is 0 Å². The second kappa shape index (κ2) is 11.3. The Kier molecular flexibility index (Phi) is 10.9. The maximum Gasteiger partial charge on any atom is 0.220 e. The van der Waals surface area contributed by atoms with Gasteiger partial charge in [0.25, 0.3) is 0 Å². The molecule has 1 rings (SSSR count). The number of hydrogen-bond donors (Lipinski definition) is 3. The molecule has 1 fully saturated rings. The Labute approximate surface area is 132 Å². The van der Waals surface area contributed by atoms with E-state index in [1.54, 1.807) is 14.2 Å². The lowest BCUT2D eigenvalue weighted by Crippen LogP contribution is -2.39. The number of hydrogen-bond acceptors (Lipinski definition) is 3. The average Bonchev–Trinajstić information content (AvgIpc) is 3.16. The van der Waals surface area contributed by atoms with Crippen molar-refractivity contribution in [2.75, 3.05) is 33.9 Å². The fourth-order valence-corrected chi connectivity index (χ4v) is 1.48. The topological polar surface area (TPSA) is 74.8 Å². The SMILES string of the molecule is CN=C(NCCCC(=O)NC1CC1)NCCOC.I. The molecule has 19 heavy (non-hydrogen) atoms. The monoisotopic (exact) mass is 384 g/mol. The fourth-order valence-electron chi connectivity index (χ4n) is 1.48. The molecule has 1 saturated carbocycles. The predicted molar refractivity (Wildman–Crippen MR) is 87.1 cm³/mol. The van der Waals surface area contributed by atoms with E-state index in [0.717, 1.165) is 38.3 Å². The number of nitrogens with one attached hydrogen (secondary N) is 3. The van der Waals surface area contributed by atoms with Crippen LogP contribution < -0.4 is 16.0 Å². The van der Waals surface area contributed by atoms with E-state index in [1.165, 1.54) is 0 Å².